The van der Waals surface area contributed by atoms with E-state index >= 15 is 0 Å². The van der Waals surface area contributed by atoms with Crippen molar-refractivity contribution in [3.05, 3.63) is 321 Å². The van der Waals surface area contributed by atoms with Crippen molar-refractivity contribution in [2.75, 3.05) is 9.80 Å². The summed E-state index contributed by atoms with van der Waals surface area (Å²) in [5.74, 6) is 0. The molecule has 0 bridgehead atoms. The molecule has 93 heavy (non-hydrogen) atoms. The van der Waals surface area contributed by atoms with E-state index in [9.17, 15) is 0 Å². The fraction of sp³-hybridized carbons (Fsp3) is 0.0889. The van der Waals surface area contributed by atoms with E-state index in [4.69, 9.17) is 0 Å². The van der Waals surface area contributed by atoms with E-state index < -0.39 is 0 Å². The zero-order chi connectivity index (χ0) is 62.7. The van der Waals surface area contributed by atoms with Crippen molar-refractivity contribution in [1.82, 2.24) is 0 Å². The van der Waals surface area contributed by atoms with Crippen LogP contribution in [0.4, 0.5) is 34.1 Å². The zero-order valence-corrected chi connectivity index (χ0v) is 53.4. The van der Waals surface area contributed by atoms with E-state index in [1.165, 1.54) is 82.1 Å². The highest BCUT2D eigenvalue weighted by Crippen LogP contribution is 2.54. The van der Waals surface area contributed by atoms with Gasteiger partial charge in [-0.05, 0) is 163 Å². The van der Waals surface area contributed by atoms with Crippen LogP contribution in [-0.4, -0.2) is 6.71 Å². The van der Waals surface area contributed by atoms with Crippen LogP contribution >= 0.6 is 0 Å². The maximum atomic E-state index is 2.67. The Morgan fingerprint density at radius 3 is 0.935 bits per heavy atom. The van der Waals surface area contributed by atoms with Gasteiger partial charge in [0.2, 0.25) is 0 Å². The predicted octanol–water partition coefficient (Wildman–Crippen LogP) is 22.9. The lowest BCUT2D eigenvalue weighted by atomic mass is 9.33. The van der Waals surface area contributed by atoms with Crippen LogP contribution in [0.1, 0.15) is 52.7 Å². The van der Waals surface area contributed by atoms with Crippen molar-refractivity contribution >= 4 is 89.5 Å². The summed E-state index contributed by atoms with van der Waals surface area (Å²) in [5.41, 5.74) is 29.5. The first-order valence-corrected chi connectivity index (χ1v) is 32.8. The third-order valence-corrected chi connectivity index (χ3v) is 19.8. The maximum Gasteiger partial charge on any atom is 0.252 e. The van der Waals surface area contributed by atoms with Gasteiger partial charge in [-0.1, -0.05) is 315 Å². The third-order valence-electron chi connectivity index (χ3n) is 19.8. The largest absolute Gasteiger partial charge is 0.310 e. The van der Waals surface area contributed by atoms with E-state index in [0.717, 1.165) is 89.8 Å². The Labute approximate surface area is 546 Å². The molecule has 0 aliphatic carbocycles. The van der Waals surface area contributed by atoms with Crippen molar-refractivity contribution < 1.29 is 0 Å². The summed E-state index contributed by atoms with van der Waals surface area (Å²) in [7, 11) is 0. The third kappa shape index (κ3) is 9.47. The lowest BCUT2D eigenvalue weighted by molar-refractivity contribution is 0.590. The summed E-state index contributed by atoms with van der Waals surface area (Å²) in [6.07, 6.45) is 0. The number of fused-ring (bicyclic) bond motifs is 4. The Morgan fingerprint density at radius 1 is 0.237 bits per heavy atom. The standard InChI is InChI=1S/C90H69BN2/c1-89(2,3)72-46-42-59(43-47-72)71-56-82-86-83(57-71)93(88-76(62-30-18-10-19-31-62)36-23-37-77(88)63-32-20-11-21-33-63)81-49-45-65(70-50-66-38-40-68-52-73(90(4,5)6)53-69-41-39-67(51-70)84(66)85(68)69)55-79(81)91(86)78-54-64(58-24-12-7-13-25-58)44-48-80(78)92(82)87-74(60-26-14-8-15-27-60)34-22-35-75(87)61-28-16-9-17-29-61/h7-57H,1-6H3. The van der Waals surface area contributed by atoms with Crippen molar-refractivity contribution in [1.29, 1.82) is 0 Å². The number of hydrogen-bond acceptors (Lipinski definition) is 2. The van der Waals surface area contributed by atoms with Gasteiger partial charge in [-0.2, -0.15) is 0 Å². The number of nitrogens with zero attached hydrogens (tertiary/aromatic N) is 2. The van der Waals surface area contributed by atoms with E-state index in [2.05, 4.69) is 361 Å². The van der Waals surface area contributed by atoms with Gasteiger partial charge in [0, 0.05) is 45.0 Å². The van der Waals surface area contributed by atoms with Crippen molar-refractivity contribution in [2.24, 2.45) is 0 Å². The molecular weight excluding hydrogens is 1120 g/mol. The van der Waals surface area contributed by atoms with Crippen molar-refractivity contribution in [3.63, 3.8) is 0 Å². The molecule has 2 nitrogen and oxygen atoms in total. The van der Waals surface area contributed by atoms with Crippen LogP contribution in [0.5, 0.6) is 0 Å². The Bertz CT molecular complexity index is 5170. The topological polar surface area (TPSA) is 6.48 Å². The number of rotatable bonds is 9. The molecule has 2 aliphatic rings. The second-order valence-corrected chi connectivity index (χ2v) is 27.6. The normalized spacial score (nSPS) is 12.8. The number of anilines is 6. The van der Waals surface area contributed by atoms with Gasteiger partial charge in [-0.15, -0.1) is 0 Å². The first-order valence-electron chi connectivity index (χ1n) is 32.8. The molecule has 0 saturated heterocycles. The molecule has 0 N–H and O–H groups in total. The summed E-state index contributed by atoms with van der Waals surface area (Å²) in [6, 6.07) is 117. The predicted molar refractivity (Wildman–Crippen MR) is 400 cm³/mol. The van der Waals surface area contributed by atoms with Crippen LogP contribution in [0.2, 0.25) is 0 Å². The van der Waals surface area contributed by atoms with Gasteiger partial charge in [-0.25, -0.2) is 0 Å². The lowest BCUT2D eigenvalue weighted by Gasteiger charge is -2.46. The van der Waals surface area contributed by atoms with Gasteiger partial charge in [0.15, 0.2) is 0 Å². The molecule has 442 valence electrons. The molecule has 0 unspecified atom stereocenters. The Balaban J connectivity index is 1.02. The van der Waals surface area contributed by atoms with E-state index in [0.29, 0.717) is 0 Å². The average molecular weight is 1190 g/mol. The highest BCUT2D eigenvalue weighted by molar-refractivity contribution is 7.00. The van der Waals surface area contributed by atoms with Gasteiger partial charge in [0.25, 0.3) is 6.71 Å². The molecule has 2 aliphatic heterocycles. The van der Waals surface area contributed by atoms with Crippen molar-refractivity contribution in [3.8, 4) is 77.9 Å². The Kier molecular flexibility index (Phi) is 13.2. The van der Waals surface area contributed by atoms with Gasteiger partial charge in [0.05, 0.1) is 11.4 Å². The molecule has 0 fully saturated rings. The quantitative estimate of drug-likeness (QED) is 0.105. The summed E-state index contributed by atoms with van der Waals surface area (Å²) >= 11 is 0. The molecule has 0 spiro atoms. The number of hydrogen-bond donors (Lipinski definition) is 0. The van der Waals surface area contributed by atoms with Crippen LogP contribution in [-0.2, 0) is 10.8 Å². The molecule has 3 heteroatoms. The van der Waals surface area contributed by atoms with Crippen LogP contribution in [0, 0.1) is 0 Å². The molecule has 0 atom stereocenters. The molecule has 0 saturated carbocycles. The highest BCUT2D eigenvalue weighted by Gasteiger charge is 2.46. The van der Waals surface area contributed by atoms with Gasteiger partial charge in [0.1, 0.15) is 0 Å². The van der Waals surface area contributed by atoms with Crippen LogP contribution < -0.4 is 26.2 Å². The second kappa shape index (κ2) is 21.9. The molecule has 2 heterocycles. The first kappa shape index (κ1) is 56.0. The fourth-order valence-corrected chi connectivity index (χ4v) is 15.2. The minimum absolute atomic E-state index is 0.0228. The summed E-state index contributed by atoms with van der Waals surface area (Å²) in [6.45, 7) is 13.6. The first-order chi connectivity index (χ1) is 45.4. The van der Waals surface area contributed by atoms with Crippen LogP contribution in [0.3, 0.4) is 0 Å². The SMILES string of the molecule is CC(C)(C)c1ccc(-c2cc3c4c(c2)N(c2c(-c5ccccc5)cccc2-c2ccccc2)c2ccc(-c5cc6ccc7cc(C(C)(C)C)cc8ccc(c5)c6c78)cc2B4c2cc(-c4ccccc4)ccc2N3c2c(-c3ccccc3)cccc2-c2ccccc2)cc1. The van der Waals surface area contributed by atoms with E-state index in [1.54, 1.807) is 0 Å². The Morgan fingerprint density at radius 2 is 0.559 bits per heavy atom. The molecule has 15 aromatic rings. The summed E-state index contributed by atoms with van der Waals surface area (Å²) in [4.78, 5) is 5.33. The fourth-order valence-electron chi connectivity index (χ4n) is 15.2. The van der Waals surface area contributed by atoms with E-state index in [-0.39, 0.29) is 17.5 Å². The molecule has 0 aromatic heterocycles. The smallest absolute Gasteiger partial charge is 0.252 e. The highest BCUT2D eigenvalue weighted by atomic mass is 15.2. The number of benzene rings is 15. The maximum absolute atomic E-state index is 2.67. The lowest BCUT2D eigenvalue weighted by Crippen LogP contribution is -2.61. The minimum atomic E-state index is -0.219. The molecule has 0 amide bonds. The van der Waals surface area contributed by atoms with Crippen LogP contribution in [0.15, 0.2) is 309 Å². The number of para-hydroxylation sites is 2. The van der Waals surface area contributed by atoms with Crippen molar-refractivity contribution in [2.45, 2.75) is 52.4 Å². The van der Waals surface area contributed by atoms with Gasteiger partial charge < -0.3 is 9.80 Å². The second-order valence-electron chi connectivity index (χ2n) is 27.6. The summed E-state index contributed by atoms with van der Waals surface area (Å²) < 4.78 is 0. The van der Waals surface area contributed by atoms with Gasteiger partial charge >= 0.3 is 0 Å². The molecule has 17 rings (SSSR count). The molecular formula is C90H69BN2. The zero-order valence-electron chi connectivity index (χ0n) is 53.4. The monoisotopic (exact) mass is 1190 g/mol. The average Bonchev–Trinajstić information content (AvgIpc) is 0.692. The summed E-state index contributed by atoms with van der Waals surface area (Å²) in [5, 5.41) is 7.76. The van der Waals surface area contributed by atoms with Crippen LogP contribution in [0.25, 0.3) is 110 Å². The molecule has 0 radical (unpaired) electrons. The molecule has 15 aromatic carbocycles. The minimum Gasteiger partial charge on any atom is -0.310 e. The van der Waals surface area contributed by atoms with Gasteiger partial charge in [-0.3, -0.25) is 0 Å². The van der Waals surface area contributed by atoms with E-state index in [1.807, 2.05) is 0 Å². The Hall–Kier alpha value is -11.0.